The molecule has 1 atom stereocenters. The van der Waals surface area contributed by atoms with Crippen LogP contribution in [0.25, 0.3) is 0 Å². The summed E-state index contributed by atoms with van der Waals surface area (Å²) in [6.45, 7) is 8.21. The van der Waals surface area contributed by atoms with Gasteiger partial charge in [0.25, 0.3) is 0 Å². The molecule has 0 aromatic heterocycles. The first-order chi connectivity index (χ1) is 5.41. The predicted octanol–water partition coefficient (Wildman–Crippen LogP) is 0.857. The highest BCUT2D eigenvalue weighted by atomic mass is 16.2. The van der Waals surface area contributed by atoms with Crippen LogP contribution in [-0.2, 0) is 4.79 Å². The highest BCUT2D eigenvalue weighted by molar-refractivity contribution is 5.84. The van der Waals surface area contributed by atoms with Gasteiger partial charge in [-0.1, -0.05) is 13.8 Å². The summed E-state index contributed by atoms with van der Waals surface area (Å²) < 4.78 is 0. The minimum absolute atomic E-state index is 0.000000000000000222. The monoisotopic (exact) mass is 170 g/mol. The van der Waals surface area contributed by atoms with Crippen LogP contribution in [0.3, 0.4) is 0 Å². The van der Waals surface area contributed by atoms with E-state index in [0.29, 0.717) is 5.92 Å². The van der Waals surface area contributed by atoms with Gasteiger partial charge < -0.3 is 5.32 Å². The summed E-state index contributed by atoms with van der Waals surface area (Å²) in [5, 5.41) is 6.15. The number of rotatable bonds is 2. The Morgan fingerprint density at radius 1 is 1.50 bits per heavy atom. The van der Waals surface area contributed by atoms with E-state index in [4.69, 9.17) is 0 Å². The number of hydrogen-bond donors (Lipinski definition) is 2. The standard InChI is InChI=1S/C9H18N2O/c1-6(2)5-7-8(12)11-9(3,4)10-7/h6-7,10H,5H2,1-4H3,(H,11,12)/t7-/m0/s1. The number of carbonyl (C=O) groups excluding carboxylic acids is 1. The van der Waals surface area contributed by atoms with Gasteiger partial charge in [0.1, 0.15) is 0 Å². The minimum atomic E-state index is -0.226. The van der Waals surface area contributed by atoms with E-state index in [1.54, 1.807) is 0 Å². The first-order valence-electron chi connectivity index (χ1n) is 4.50. The van der Waals surface area contributed by atoms with Crippen LogP contribution in [0.1, 0.15) is 34.1 Å². The maximum atomic E-state index is 11.4. The van der Waals surface area contributed by atoms with Crippen molar-refractivity contribution in [3.8, 4) is 0 Å². The fourth-order valence-electron chi connectivity index (χ4n) is 1.57. The smallest absolute Gasteiger partial charge is 0.238 e. The normalized spacial score (nSPS) is 27.8. The van der Waals surface area contributed by atoms with Crippen LogP contribution >= 0.6 is 0 Å². The van der Waals surface area contributed by atoms with Crippen LogP contribution in [0.4, 0.5) is 0 Å². The third-order valence-electron chi connectivity index (χ3n) is 1.99. The summed E-state index contributed by atoms with van der Waals surface area (Å²) >= 11 is 0. The number of hydrogen-bond acceptors (Lipinski definition) is 2. The maximum absolute atomic E-state index is 11.4. The van der Waals surface area contributed by atoms with Gasteiger partial charge in [-0.2, -0.15) is 0 Å². The van der Waals surface area contributed by atoms with E-state index >= 15 is 0 Å². The molecule has 0 saturated carbocycles. The molecule has 1 amide bonds. The van der Waals surface area contributed by atoms with Gasteiger partial charge in [0.15, 0.2) is 0 Å². The van der Waals surface area contributed by atoms with Crippen molar-refractivity contribution in [2.45, 2.75) is 45.8 Å². The molecule has 3 nitrogen and oxygen atoms in total. The van der Waals surface area contributed by atoms with Gasteiger partial charge in [-0.25, -0.2) is 0 Å². The topological polar surface area (TPSA) is 41.1 Å². The van der Waals surface area contributed by atoms with Gasteiger partial charge >= 0.3 is 0 Å². The largest absolute Gasteiger partial charge is 0.337 e. The summed E-state index contributed by atoms with van der Waals surface area (Å²) in [6, 6.07) is -0.000000000000000222. The van der Waals surface area contributed by atoms with Crippen LogP contribution in [-0.4, -0.2) is 17.6 Å². The van der Waals surface area contributed by atoms with Crippen molar-refractivity contribution in [3.63, 3.8) is 0 Å². The fourth-order valence-corrected chi connectivity index (χ4v) is 1.57. The summed E-state index contributed by atoms with van der Waals surface area (Å²) in [7, 11) is 0. The van der Waals surface area contributed by atoms with Crippen LogP contribution < -0.4 is 10.6 Å². The van der Waals surface area contributed by atoms with E-state index in [0.717, 1.165) is 6.42 Å². The Kier molecular flexibility index (Phi) is 2.42. The average molecular weight is 170 g/mol. The zero-order chi connectivity index (χ0) is 9.35. The van der Waals surface area contributed by atoms with Crippen molar-refractivity contribution < 1.29 is 4.79 Å². The van der Waals surface area contributed by atoms with Gasteiger partial charge in [-0.15, -0.1) is 0 Å². The molecule has 0 aromatic carbocycles. The average Bonchev–Trinajstić information content (AvgIpc) is 2.03. The lowest BCUT2D eigenvalue weighted by Crippen LogP contribution is -2.44. The van der Waals surface area contributed by atoms with E-state index in [1.807, 2.05) is 13.8 Å². The van der Waals surface area contributed by atoms with Crippen LogP contribution in [0.15, 0.2) is 0 Å². The van der Waals surface area contributed by atoms with E-state index in [1.165, 1.54) is 0 Å². The van der Waals surface area contributed by atoms with E-state index < -0.39 is 0 Å². The molecule has 1 saturated heterocycles. The van der Waals surface area contributed by atoms with Crippen LogP contribution in [0.5, 0.6) is 0 Å². The molecule has 1 heterocycles. The Morgan fingerprint density at radius 3 is 2.42 bits per heavy atom. The maximum Gasteiger partial charge on any atom is 0.238 e. The molecule has 0 radical (unpaired) electrons. The lowest BCUT2D eigenvalue weighted by Gasteiger charge is -2.18. The van der Waals surface area contributed by atoms with E-state index in [2.05, 4.69) is 24.5 Å². The third kappa shape index (κ3) is 2.21. The number of carbonyl (C=O) groups is 1. The number of amides is 1. The van der Waals surface area contributed by atoms with Crippen molar-refractivity contribution in [1.82, 2.24) is 10.6 Å². The van der Waals surface area contributed by atoms with Crippen molar-refractivity contribution >= 4 is 5.91 Å². The molecule has 1 rings (SSSR count). The van der Waals surface area contributed by atoms with Gasteiger partial charge in [-0.3, -0.25) is 10.1 Å². The first kappa shape index (κ1) is 9.52. The lowest BCUT2D eigenvalue weighted by atomic mass is 10.0. The molecule has 3 heteroatoms. The second kappa shape index (κ2) is 3.05. The second-order valence-corrected chi connectivity index (χ2v) is 4.44. The van der Waals surface area contributed by atoms with Gasteiger partial charge in [-0.05, 0) is 26.2 Å². The summed E-state index contributed by atoms with van der Waals surface area (Å²) in [6.07, 6.45) is 0.912. The SMILES string of the molecule is CC(C)C[C@@H]1NC(C)(C)NC1=O. The Hall–Kier alpha value is -0.570. The molecule has 1 aliphatic heterocycles. The molecule has 0 unspecified atom stereocenters. The zero-order valence-electron chi connectivity index (χ0n) is 8.27. The molecule has 1 aliphatic rings. The molecule has 1 fully saturated rings. The van der Waals surface area contributed by atoms with Crippen molar-refractivity contribution in [2.24, 2.45) is 5.92 Å². The fraction of sp³-hybridized carbons (Fsp3) is 0.889. The van der Waals surface area contributed by atoms with Gasteiger partial charge in [0.2, 0.25) is 5.91 Å². The van der Waals surface area contributed by atoms with Crippen LogP contribution in [0.2, 0.25) is 0 Å². The summed E-state index contributed by atoms with van der Waals surface area (Å²) in [5.74, 6) is 0.691. The van der Waals surface area contributed by atoms with Crippen molar-refractivity contribution in [1.29, 1.82) is 0 Å². The minimum Gasteiger partial charge on any atom is -0.337 e. The highest BCUT2D eigenvalue weighted by Gasteiger charge is 2.36. The van der Waals surface area contributed by atoms with Gasteiger partial charge in [0, 0.05) is 0 Å². The quantitative estimate of drug-likeness (QED) is 0.645. The Bertz CT molecular complexity index is 187. The third-order valence-corrected chi connectivity index (χ3v) is 1.99. The van der Waals surface area contributed by atoms with E-state index in [9.17, 15) is 4.79 Å². The zero-order valence-corrected chi connectivity index (χ0v) is 8.27. The first-order valence-corrected chi connectivity index (χ1v) is 4.50. The van der Waals surface area contributed by atoms with Crippen LogP contribution in [0, 0.1) is 5.92 Å². The van der Waals surface area contributed by atoms with Gasteiger partial charge in [0.05, 0.1) is 11.7 Å². The molecule has 0 aliphatic carbocycles. The van der Waals surface area contributed by atoms with Crippen molar-refractivity contribution in [2.75, 3.05) is 0 Å². The number of nitrogens with one attached hydrogen (secondary N) is 2. The molecule has 12 heavy (non-hydrogen) atoms. The Balaban J connectivity index is 2.53. The predicted molar refractivity (Wildman–Crippen MR) is 48.6 cm³/mol. The second-order valence-electron chi connectivity index (χ2n) is 4.44. The molecule has 2 N–H and O–H groups in total. The molecule has 0 spiro atoms. The highest BCUT2D eigenvalue weighted by Crippen LogP contribution is 2.14. The Labute approximate surface area is 73.9 Å². The summed E-state index contributed by atoms with van der Waals surface area (Å²) in [5.41, 5.74) is -0.226. The Morgan fingerprint density at radius 2 is 2.08 bits per heavy atom. The van der Waals surface area contributed by atoms with Crippen molar-refractivity contribution in [3.05, 3.63) is 0 Å². The van der Waals surface area contributed by atoms with E-state index in [-0.39, 0.29) is 17.6 Å². The molecular formula is C9H18N2O. The lowest BCUT2D eigenvalue weighted by molar-refractivity contribution is -0.121. The molecule has 0 aromatic rings. The molecular weight excluding hydrogens is 152 g/mol. The molecule has 0 bridgehead atoms. The summed E-state index contributed by atoms with van der Waals surface area (Å²) in [4.78, 5) is 11.4. The molecule has 70 valence electrons.